The molecule has 0 amide bonds. The van der Waals surface area contributed by atoms with Gasteiger partial charge in [0.25, 0.3) is 0 Å². The Morgan fingerprint density at radius 3 is 2.77 bits per heavy atom. The number of fused-ring (bicyclic) bond motifs is 1. The summed E-state index contributed by atoms with van der Waals surface area (Å²) in [7, 11) is 1.22. The second-order valence-electron chi connectivity index (χ2n) is 6.65. The van der Waals surface area contributed by atoms with Gasteiger partial charge in [-0.2, -0.15) is 0 Å². The van der Waals surface area contributed by atoms with E-state index in [-0.39, 0.29) is 35.5 Å². The average molecular weight is 448 g/mol. The van der Waals surface area contributed by atoms with Crippen LogP contribution in [0.3, 0.4) is 0 Å². The summed E-state index contributed by atoms with van der Waals surface area (Å²) in [5.74, 6) is -2.06. The number of esters is 2. The van der Waals surface area contributed by atoms with E-state index in [2.05, 4.69) is 9.72 Å². The Balaban J connectivity index is 1.86. The van der Waals surface area contributed by atoms with Gasteiger partial charge in [-0.05, 0) is 32.0 Å². The molecule has 1 atom stereocenters. The number of thiazole rings is 1. The lowest BCUT2D eigenvalue weighted by atomic mass is 10.1. The predicted molar refractivity (Wildman–Crippen MR) is 111 cm³/mol. The lowest BCUT2D eigenvalue weighted by molar-refractivity contribution is -0.150. The van der Waals surface area contributed by atoms with Gasteiger partial charge in [0.1, 0.15) is 5.82 Å². The Bertz CT molecular complexity index is 1120. The van der Waals surface area contributed by atoms with Crippen LogP contribution in [0.1, 0.15) is 46.1 Å². The summed E-state index contributed by atoms with van der Waals surface area (Å²) in [6.45, 7) is 3.88. The summed E-state index contributed by atoms with van der Waals surface area (Å²) in [6.07, 6.45) is 1.26. The van der Waals surface area contributed by atoms with E-state index in [1.54, 1.807) is 6.92 Å². The first kappa shape index (κ1) is 22.6. The number of aromatic nitrogens is 2. The molecule has 0 aliphatic heterocycles. The maximum atomic E-state index is 13.9. The van der Waals surface area contributed by atoms with Crippen molar-refractivity contribution < 1.29 is 33.0 Å². The topological polar surface area (TPSA) is 96.7 Å². The van der Waals surface area contributed by atoms with Gasteiger partial charge in [0.15, 0.2) is 17.4 Å². The molecule has 3 aromatic rings. The van der Waals surface area contributed by atoms with Crippen LogP contribution in [0.2, 0.25) is 0 Å². The van der Waals surface area contributed by atoms with Gasteiger partial charge in [-0.25, -0.2) is 14.2 Å². The minimum absolute atomic E-state index is 0.0305. The van der Waals surface area contributed by atoms with Gasteiger partial charge in [0.2, 0.25) is 5.78 Å². The van der Waals surface area contributed by atoms with Gasteiger partial charge in [0, 0.05) is 23.6 Å². The van der Waals surface area contributed by atoms with Crippen molar-refractivity contribution in [2.75, 3.05) is 13.7 Å². The molecule has 0 aliphatic rings. The van der Waals surface area contributed by atoms with Crippen molar-refractivity contribution in [3.8, 4) is 0 Å². The van der Waals surface area contributed by atoms with E-state index >= 15 is 0 Å². The van der Waals surface area contributed by atoms with Crippen molar-refractivity contribution in [2.45, 2.75) is 33.1 Å². The molecule has 0 bridgehead atoms. The predicted octanol–water partition coefficient (Wildman–Crippen LogP) is 3.57. The lowest BCUT2D eigenvalue weighted by Gasteiger charge is -2.12. The molecule has 8 nitrogen and oxygen atoms in total. The summed E-state index contributed by atoms with van der Waals surface area (Å²) in [5.41, 5.74) is 0.668. The summed E-state index contributed by atoms with van der Waals surface area (Å²) in [4.78, 5) is 40.7. The average Bonchev–Trinajstić information content (AvgIpc) is 3.36. The molecule has 0 N–H and O–H groups in total. The fourth-order valence-corrected chi connectivity index (χ4v) is 3.76. The number of ketones is 1. The van der Waals surface area contributed by atoms with E-state index in [1.807, 2.05) is 6.92 Å². The van der Waals surface area contributed by atoms with Crippen molar-refractivity contribution >= 4 is 40.0 Å². The Kier molecular flexibility index (Phi) is 7.13. The molecule has 1 unspecified atom stereocenters. The first-order valence-electron chi connectivity index (χ1n) is 9.48. The van der Waals surface area contributed by atoms with Crippen molar-refractivity contribution in [1.29, 1.82) is 0 Å². The van der Waals surface area contributed by atoms with E-state index < -0.39 is 23.5 Å². The van der Waals surface area contributed by atoms with Crippen LogP contribution in [0, 0.1) is 5.82 Å². The summed E-state index contributed by atoms with van der Waals surface area (Å²) >= 11 is 1.00. The number of ether oxygens (including phenoxy) is 3. The number of carbonyl (C=O) groups is 3. The van der Waals surface area contributed by atoms with Gasteiger partial charge in [-0.15, -0.1) is 11.3 Å². The zero-order valence-electron chi connectivity index (χ0n) is 17.2. The lowest BCUT2D eigenvalue weighted by Crippen LogP contribution is -2.17. The molecule has 3 rings (SSSR count). The van der Waals surface area contributed by atoms with Gasteiger partial charge in [-0.3, -0.25) is 9.59 Å². The van der Waals surface area contributed by atoms with Crippen LogP contribution in [0.15, 0.2) is 29.8 Å². The number of rotatable bonds is 9. The van der Waals surface area contributed by atoms with Crippen LogP contribution < -0.4 is 0 Å². The van der Waals surface area contributed by atoms with Crippen molar-refractivity contribution in [3.05, 3.63) is 51.9 Å². The van der Waals surface area contributed by atoms with Crippen LogP contribution >= 0.6 is 11.3 Å². The highest BCUT2D eigenvalue weighted by atomic mass is 32.1. The van der Waals surface area contributed by atoms with Gasteiger partial charge < -0.3 is 18.8 Å². The van der Waals surface area contributed by atoms with E-state index in [0.29, 0.717) is 17.5 Å². The van der Waals surface area contributed by atoms with Crippen LogP contribution in [0.4, 0.5) is 4.39 Å². The maximum absolute atomic E-state index is 13.9. The van der Waals surface area contributed by atoms with Crippen LogP contribution in [-0.4, -0.2) is 47.1 Å². The highest BCUT2D eigenvalue weighted by Crippen LogP contribution is 2.26. The standard InChI is InChI=1S/C21H21FN2O6S/c1-4-29-12(2)7-18(25)30-11-24-9-15(14-6-5-13(22)8-17(14)24)19(26)20-23-16(10-31-20)21(27)28-3/h5-6,8-10,12H,4,7,11H2,1-3H3. The highest BCUT2D eigenvalue weighted by molar-refractivity contribution is 7.12. The number of nitrogens with zero attached hydrogens (tertiary/aromatic N) is 2. The molecule has 0 fully saturated rings. The van der Waals surface area contributed by atoms with E-state index in [4.69, 9.17) is 9.47 Å². The Morgan fingerprint density at radius 1 is 1.29 bits per heavy atom. The molecule has 2 aromatic heterocycles. The molecule has 10 heteroatoms. The number of carbonyl (C=O) groups excluding carboxylic acids is 3. The Morgan fingerprint density at radius 2 is 2.06 bits per heavy atom. The van der Waals surface area contributed by atoms with Gasteiger partial charge in [-0.1, -0.05) is 0 Å². The molecule has 0 aliphatic carbocycles. The molecule has 2 heterocycles. The zero-order chi connectivity index (χ0) is 22.5. The quantitative estimate of drug-likeness (QED) is 0.365. The number of benzene rings is 1. The third-order valence-corrected chi connectivity index (χ3v) is 5.29. The van der Waals surface area contributed by atoms with Crippen LogP contribution in [0.5, 0.6) is 0 Å². The van der Waals surface area contributed by atoms with Crippen molar-refractivity contribution in [3.63, 3.8) is 0 Å². The fourth-order valence-electron chi connectivity index (χ4n) is 3.02. The summed E-state index contributed by atoms with van der Waals surface area (Å²) < 4.78 is 30.5. The number of halogens is 1. The number of hydrogen-bond donors (Lipinski definition) is 0. The van der Waals surface area contributed by atoms with E-state index in [0.717, 1.165) is 11.3 Å². The first-order valence-corrected chi connectivity index (χ1v) is 10.4. The highest BCUT2D eigenvalue weighted by Gasteiger charge is 2.22. The van der Waals surface area contributed by atoms with Gasteiger partial charge in [0.05, 0.1) is 30.7 Å². The molecule has 31 heavy (non-hydrogen) atoms. The summed E-state index contributed by atoms with van der Waals surface area (Å²) in [5, 5.41) is 1.99. The monoisotopic (exact) mass is 448 g/mol. The first-order chi connectivity index (χ1) is 14.8. The number of hydrogen-bond acceptors (Lipinski definition) is 8. The zero-order valence-corrected chi connectivity index (χ0v) is 18.0. The second kappa shape index (κ2) is 9.80. The summed E-state index contributed by atoms with van der Waals surface area (Å²) in [6, 6.07) is 3.97. The molecule has 0 saturated carbocycles. The number of methoxy groups -OCH3 is 1. The Hall–Kier alpha value is -3.11. The molecular formula is C21H21FN2O6S. The van der Waals surface area contributed by atoms with Crippen molar-refractivity contribution in [2.24, 2.45) is 0 Å². The third kappa shape index (κ3) is 5.15. The maximum Gasteiger partial charge on any atom is 0.357 e. The van der Waals surface area contributed by atoms with Crippen molar-refractivity contribution in [1.82, 2.24) is 9.55 Å². The minimum atomic E-state index is -0.645. The van der Waals surface area contributed by atoms with E-state index in [9.17, 15) is 18.8 Å². The Labute approximate surface area is 181 Å². The minimum Gasteiger partial charge on any atom is -0.464 e. The molecule has 0 spiro atoms. The normalized spacial score (nSPS) is 12.0. The SMILES string of the molecule is CCOC(C)CC(=O)OCn1cc(C(=O)c2nc(C(=O)OC)cs2)c2ccc(F)cc21. The smallest absolute Gasteiger partial charge is 0.357 e. The third-order valence-electron chi connectivity index (χ3n) is 4.45. The second-order valence-corrected chi connectivity index (χ2v) is 7.51. The van der Waals surface area contributed by atoms with Crippen LogP contribution in [0.25, 0.3) is 10.9 Å². The largest absolute Gasteiger partial charge is 0.464 e. The molecule has 0 saturated heterocycles. The molecule has 164 valence electrons. The fraction of sp³-hybridized carbons (Fsp3) is 0.333. The molecule has 0 radical (unpaired) electrons. The van der Waals surface area contributed by atoms with E-state index in [1.165, 1.54) is 41.5 Å². The van der Waals surface area contributed by atoms with Gasteiger partial charge >= 0.3 is 11.9 Å². The molecular weight excluding hydrogens is 427 g/mol. The molecule has 1 aromatic carbocycles. The van der Waals surface area contributed by atoms with Crippen LogP contribution in [-0.2, 0) is 25.7 Å².